The van der Waals surface area contributed by atoms with Crippen LogP contribution in [0.15, 0.2) is 108 Å². The van der Waals surface area contributed by atoms with Gasteiger partial charge in [0.2, 0.25) is 17.1 Å². The predicted molar refractivity (Wildman–Crippen MR) is 187 cm³/mol. The number of aromatic nitrogens is 3. The summed E-state index contributed by atoms with van der Waals surface area (Å²) < 4.78 is 48.0. The summed E-state index contributed by atoms with van der Waals surface area (Å²) in [5, 5.41) is 1.68. The first-order valence-corrected chi connectivity index (χ1v) is 16.3. The number of furan rings is 1. The molecule has 0 fully saturated rings. The second kappa shape index (κ2) is 9.71. The molecular weight excluding hydrogens is 574 g/mol. The quantitative estimate of drug-likeness (QED) is 0.186. The standard InChI is InChI=1S/C43H39N3O/c1-26-12-14-34-36(20-26)43(46-25-28(3)27(2)21-37(34)46)35-17-16-32-33-15-13-31(22-29-10-8-7-9-11-29)44-41(33)47-40(32)39(35)38-23-30(18-19-45(38)43)24-42(4,5)6/h7-21,23,25H,22,24H2,1-6H3/q+2/i22D2,24D2. The number of hydrogen-bond acceptors (Lipinski definition) is 2. The molecule has 1 unspecified atom stereocenters. The highest BCUT2D eigenvalue weighted by Crippen LogP contribution is 2.50. The number of nitrogens with zero attached hydrogens (tertiary/aromatic N) is 3. The van der Waals surface area contributed by atoms with Crippen molar-refractivity contribution in [2.75, 3.05) is 0 Å². The molecule has 2 aliphatic heterocycles. The fourth-order valence-corrected chi connectivity index (χ4v) is 7.67. The van der Waals surface area contributed by atoms with Crippen LogP contribution in [0, 0.1) is 26.2 Å². The number of pyridine rings is 3. The normalized spacial score (nSPS) is 18.0. The van der Waals surface area contributed by atoms with Crippen LogP contribution in [0.3, 0.4) is 0 Å². The Morgan fingerprint density at radius 2 is 1.57 bits per heavy atom. The van der Waals surface area contributed by atoms with Crippen LogP contribution in [0.25, 0.3) is 44.6 Å². The Morgan fingerprint density at radius 3 is 2.38 bits per heavy atom. The van der Waals surface area contributed by atoms with Gasteiger partial charge < -0.3 is 4.42 Å². The Kier molecular flexibility index (Phi) is 4.99. The molecule has 0 amide bonds. The minimum absolute atomic E-state index is 0.277. The number of fused-ring (bicyclic) bond motifs is 14. The van der Waals surface area contributed by atoms with Crippen LogP contribution < -0.4 is 9.13 Å². The number of aryl methyl sites for hydroxylation is 3. The third-order valence-corrected chi connectivity index (χ3v) is 9.74. The van der Waals surface area contributed by atoms with E-state index in [1.807, 2.05) is 57.2 Å². The molecule has 47 heavy (non-hydrogen) atoms. The van der Waals surface area contributed by atoms with Crippen LogP contribution in [0.4, 0.5) is 0 Å². The van der Waals surface area contributed by atoms with E-state index in [2.05, 4.69) is 78.7 Å². The minimum atomic E-state index is -1.82. The molecule has 0 bridgehead atoms. The van der Waals surface area contributed by atoms with E-state index in [1.165, 1.54) is 11.1 Å². The van der Waals surface area contributed by atoms with Gasteiger partial charge in [-0.3, -0.25) is 0 Å². The largest absolute Gasteiger partial charge is 0.437 e. The van der Waals surface area contributed by atoms with E-state index in [0.29, 0.717) is 22.4 Å². The third kappa shape index (κ3) is 4.03. The van der Waals surface area contributed by atoms with E-state index < -0.39 is 23.8 Å². The monoisotopic (exact) mass is 617 g/mol. The van der Waals surface area contributed by atoms with E-state index >= 15 is 0 Å². The van der Waals surface area contributed by atoms with E-state index in [4.69, 9.17) is 12.1 Å². The molecule has 1 spiro atoms. The molecule has 0 radical (unpaired) electrons. The van der Waals surface area contributed by atoms with Crippen molar-refractivity contribution in [3.8, 4) is 22.5 Å². The molecule has 0 saturated carbocycles. The summed E-state index contributed by atoms with van der Waals surface area (Å²) in [5.74, 6) is 0. The first-order chi connectivity index (χ1) is 24.2. The van der Waals surface area contributed by atoms with Crippen molar-refractivity contribution in [2.24, 2.45) is 5.41 Å². The van der Waals surface area contributed by atoms with Crippen LogP contribution in [0.2, 0.25) is 0 Å². The molecule has 230 valence electrons. The molecule has 4 heteroatoms. The Hall–Kier alpha value is -5.09. The van der Waals surface area contributed by atoms with E-state index in [0.717, 1.165) is 50.0 Å². The predicted octanol–water partition coefficient (Wildman–Crippen LogP) is 8.92. The van der Waals surface area contributed by atoms with Gasteiger partial charge in [-0.25, -0.2) is 4.98 Å². The fourth-order valence-electron chi connectivity index (χ4n) is 7.67. The van der Waals surface area contributed by atoms with Gasteiger partial charge in [-0.15, -0.1) is 9.13 Å². The smallest absolute Gasteiger partial charge is 0.417 e. The van der Waals surface area contributed by atoms with Crippen molar-refractivity contribution >= 4 is 22.1 Å². The molecule has 0 aliphatic carbocycles. The molecule has 2 aliphatic rings. The second-order valence-corrected chi connectivity index (χ2v) is 14.2. The number of hydrogen-bond donors (Lipinski definition) is 0. The summed E-state index contributed by atoms with van der Waals surface area (Å²) in [6.07, 6.45) is 0.855. The maximum atomic E-state index is 9.27. The van der Waals surface area contributed by atoms with Gasteiger partial charge in [0.15, 0.2) is 18.0 Å². The zero-order valence-corrected chi connectivity index (χ0v) is 27.6. The Bertz CT molecular complexity index is 2620. The van der Waals surface area contributed by atoms with E-state index in [-0.39, 0.29) is 5.69 Å². The number of benzene rings is 3. The van der Waals surface area contributed by atoms with Crippen molar-refractivity contribution in [1.29, 1.82) is 0 Å². The minimum Gasteiger partial charge on any atom is -0.437 e. The summed E-state index contributed by atoms with van der Waals surface area (Å²) in [6.45, 7) is 12.2. The number of rotatable bonds is 3. The lowest BCUT2D eigenvalue weighted by Gasteiger charge is -2.19. The average molecular weight is 618 g/mol. The fraction of sp³-hybridized carbons (Fsp3) is 0.233. The molecule has 4 nitrogen and oxygen atoms in total. The summed E-state index contributed by atoms with van der Waals surface area (Å²) in [6, 6.07) is 29.9. The van der Waals surface area contributed by atoms with Crippen LogP contribution in [-0.4, -0.2) is 4.98 Å². The zero-order valence-electron chi connectivity index (χ0n) is 31.6. The van der Waals surface area contributed by atoms with Crippen molar-refractivity contribution in [1.82, 2.24) is 4.98 Å². The van der Waals surface area contributed by atoms with Gasteiger partial charge in [0.1, 0.15) is 16.7 Å². The molecule has 3 aromatic carbocycles. The van der Waals surface area contributed by atoms with Gasteiger partial charge in [-0.05, 0) is 85.6 Å². The maximum Gasteiger partial charge on any atom is 0.417 e. The summed E-state index contributed by atoms with van der Waals surface area (Å²) in [5.41, 5.74) is 10.7. The highest BCUT2D eigenvalue weighted by atomic mass is 16.3. The molecule has 6 heterocycles. The molecule has 0 saturated heterocycles. The second-order valence-electron chi connectivity index (χ2n) is 14.2. The first-order valence-electron chi connectivity index (χ1n) is 18.3. The van der Waals surface area contributed by atoms with Crippen LogP contribution in [0.5, 0.6) is 0 Å². The van der Waals surface area contributed by atoms with E-state index in [9.17, 15) is 2.74 Å². The summed E-state index contributed by atoms with van der Waals surface area (Å²) in [7, 11) is 0. The zero-order chi connectivity index (χ0) is 35.8. The van der Waals surface area contributed by atoms with Crippen molar-refractivity contribution < 1.29 is 19.0 Å². The lowest BCUT2D eigenvalue weighted by atomic mass is 9.87. The van der Waals surface area contributed by atoms with Crippen molar-refractivity contribution in [3.05, 3.63) is 148 Å². The Morgan fingerprint density at radius 1 is 0.766 bits per heavy atom. The van der Waals surface area contributed by atoms with Gasteiger partial charge in [0, 0.05) is 52.1 Å². The highest BCUT2D eigenvalue weighted by Gasteiger charge is 2.67. The van der Waals surface area contributed by atoms with Crippen molar-refractivity contribution in [2.45, 2.75) is 60.0 Å². The Balaban J connectivity index is 1.39. The molecule has 1 atom stereocenters. The molecule has 7 aromatic rings. The molecule has 4 aromatic heterocycles. The van der Waals surface area contributed by atoms with Crippen LogP contribution in [0.1, 0.15) is 70.9 Å². The van der Waals surface area contributed by atoms with E-state index in [1.54, 1.807) is 18.2 Å². The van der Waals surface area contributed by atoms with Gasteiger partial charge in [-0.2, -0.15) is 0 Å². The maximum absolute atomic E-state index is 9.27. The van der Waals surface area contributed by atoms with Gasteiger partial charge in [-0.1, -0.05) is 62.7 Å². The van der Waals surface area contributed by atoms with Crippen LogP contribution >= 0.6 is 0 Å². The Labute approximate surface area is 281 Å². The van der Waals surface area contributed by atoms with Gasteiger partial charge in [0.05, 0.1) is 5.56 Å². The topological polar surface area (TPSA) is 33.8 Å². The lowest BCUT2D eigenvalue weighted by Crippen LogP contribution is -2.71. The summed E-state index contributed by atoms with van der Waals surface area (Å²) >= 11 is 0. The SMILES string of the molecule is [2H]C([2H])(c1ccccc1)c1ccc2c(n1)oc1c3c(ccc12)C1(c2cc(C)ccc2-c2cc(C)c(C)c[n+]21)[n+]1ccc(C([2H])([2H])C(C)(C)C)cc1-3. The van der Waals surface area contributed by atoms with Crippen LogP contribution in [-0.2, 0) is 18.4 Å². The lowest BCUT2D eigenvalue weighted by molar-refractivity contribution is -0.955. The summed E-state index contributed by atoms with van der Waals surface area (Å²) in [4.78, 5) is 4.81. The first kappa shape index (κ1) is 24.1. The highest BCUT2D eigenvalue weighted by molar-refractivity contribution is 6.09. The molecule has 0 N–H and O–H groups in total. The van der Waals surface area contributed by atoms with Crippen molar-refractivity contribution in [3.63, 3.8) is 0 Å². The van der Waals surface area contributed by atoms with Gasteiger partial charge >= 0.3 is 5.66 Å². The molecule has 9 rings (SSSR count). The average Bonchev–Trinajstić information content (AvgIpc) is 3.71. The molecular formula is C43H39N3O+2. The third-order valence-electron chi connectivity index (χ3n) is 9.74. The van der Waals surface area contributed by atoms with Gasteiger partial charge in [0.25, 0.3) is 0 Å².